The van der Waals surface area contributed by atoms with Gasteiger partial charge in [-0.2, -0.15) is 0 Å². The molecule has 1 amide bonds. The molecule has 1 aromatic carbocycles. The predicted octanol–water partition coefficient (Wildman–Crippen LogP) is 1.62. The number of likely N-dealkylation sites (N-methyl/N-ethyl adjacent to an activating group) is 1. The molecule has 0 spiro atoms. The fraction of sp³-hybridized carbons (Fsp3) is 0.462. The van der Waals surface area contributed by atoms with Crippen LogP contribution in [0, 0.1) is 11.6 Å². The number of carbonyl (C=O) groups excluding carboxylic acids is 1. The molecule has 1 heterocycles. The molecule has 4 nitrogen and oxygen atoms in total. The second kappa shape index (κ2) is 7.52. The largest absolute Gasteiger partial charge is 0.322 e. The lowest BCUT2D eigenvalue weighted by Crippen LogP contribution is -2.39. The van der Waals surface area contributed by atoms with Gasteiger partial charge in [-0.05, 0) is 32.1 Å². The van der Waals surface area contributed by atoms with Crippen LogP contribution in [0.3, 0.4) is 0 Å². The van der Waals surface area contributed by atoms with E-state index in [1.807, 2.05) is 11.9 Å². The molecule has 1 aliphatic heterocycles. The first-order valence-corrected chi connectivity index (χ1v) is 6.22. The van der Waals surface area contributed by atoms with Crippen molar-refractivity contribution in [2.24, 2.45) is 0 Å². The van der Waals surface area contributed by atoms with Crippen LogP contribution in [0.15, 0.2) is 18.2 Å². The van der Waals surface area contributed by atoms with Crippen LogP contribution in [-0.4, -0.2) is 43.5 Å². The molecule has 1 atom stereocenters. The van der Waals surface area contributed by atoms with Gasteiger partial charge in [-0.15, -0.1) is 12.4 Å². The van der Waals surface area contributed by atoms with Crippen LogP contribution >= 0.6 is 12.4 Å². The second-order valence-corrected chi connectivity index (χ2v) is 4.73. The number of halogens is 3. The van der Waals surface area contributed by atoms with Crippen molar-refractivity contribution in [1.82, 2.24) is 10.2 Å². The monoisotopic (exact) mass is 305 g/mol. The molecule has 20 heavy (non-hydrogen) atoms. The average molecular weight is 306 g/mol. The van der Waals surface area contributed by atoms with E-state index in [1.165, 1.54) is 0 Å². The van der Waals surface area contributed by atoms with Crippen molar-refractivity contribution in [3.05, 3.63) is 29.8 Å². The Kier molecular flexibility index (Phi) is 6.32. The van der Waals surface area contributed by atoms with Crippen molar-refractivity contribution in [1.29, 1.82) is 0 Å². The molecular formula is C13H18ClF2N3O. The van der Waals surface area contributed by atoms with Crippen molar-refractivity contribution >= 4 is 24.0 Å². The third kappa shape index (κ3) is 4.40. The minimum atomic E-state index is -0.639. The molecule has 0 bridgehead atoms. The molecule has 0 radical (unpaired) electrons. The highest BCUT2D eigenvalue weighted by atomic mass is 35.5. The van der Waals surface area contributed by atoms with Gasteiger partial charge in [-0.25, -0.2) is 8.78 Å². The molecular weight excluding hydrogens is 288 g/mol. The highest BCUT2D eigenvalue weighted by molar-refractivity contribution is 5.92. The van der Waals surface area contributed by atoms with Gasteiger partial charge in [0.1, 0.15) is 11.6 Å². The highest BCUT2D eigenvalue weighted by Gasteiger charge is 2.21. The number of hydrogen-bond donors (Lipinski definition) is 2. The lowest BCUT2D eigenvalue weighted by Gasteiger charge is -2.22. The highest BCUT2D eigenvalue weighted by Crippen LogP contribution is 2.15. The number of nitrogens with one attached hydrogen (secondary N) is 2. The first kappa shape index (κ1) is 16.8. The van der Waals surface area contributed by atoms with Crippen LogP contribution < -0.4 is 10.6 Å². The zero-order chi connectivity index (χ0) is 13.8. The molecule has 2 rings (SSSR count). The average Bonchev–Trinajstić information content (AvgIpc) is 2.87. The van der Waals surface area contributed by atoms with E-state index < -0.39 is 11.6 Å². The van der Waals surface area contributed by atoms with Crippen molar-refractivity contribution in [3.8, 4) is 0 Å². The molecule has 7 heteroatoms. The molecule has 1 fully saturated rings. The normalized spacial score (nSPS) is 17.9. The number of amides is 1. The molecule has 1 aliphatic rings. The van der Waals surface area contributed by atoms with Crippen molar-refractivity contribution in [3.63, 3.8) is 0 Å². The van der Waals surface area contributed by atoms with E-state index in [9.17, 15) is 13.6 Å². The lowest BCUT2D eigenvalue weighted by atomic mass is 10.2. The van der Waals surface area contributed by atoms with E-state index in [4.69, 9.17) is 0 Å². The lowest BCUT2D eigenvalue weighted by molar-refractivity contribution is -0.117. The van der Waals surface area contributed by atoms with Crippen LogP contribution in [0.4, 0.5) is 14.5 Å². The maximum Gasteiger partial charge on any atom is 0.238 e. The van der Waals surface area contributed by atoms with E-state index in [2.05, 4.69) is 10.6 Å². The van der Waals surface area contributed by atoms with Gasteiger partial charge in [0.15, 0.2) is 0 Å². The zero-order valence-corrected chi connectivity index (χ0v) is 12.0. The smallest absolute Gasteiger partial charge is 0.238 e. The molecule has 1 unspecified atom stereocenters. The Bertz CT molecular complexity index is 467. The molecule has 1 aromatic rings. The topological polar surface area (TPSA) is 44.4 Å². The zero-order valence-electron chi connectivity index (χ0n) is 11.2. The summed E-state index contributed by atoms with van der Waals surface area (Å²) in [4.78, 5) is 13.7. The number of benzene rings is 1. The summed E-state index contributed by atoms with van der Waals surface area (Å²) in [5.41, 5.74) is -0.122. The number of nitrogens with zero attached hydrogens (tertiary/aromatic N) is 1. The number of rotatable bonds is 4. The van der Waals surface area contributed by atoms with E-state index in [0.717, 1.165) is 37.7 Å². The van der Waals surface area contributed by atoms with Crippen LogP contribution in [0.5, 0.6) is 0 Å². The Morgan fingerprint density at radius 3 is 2.90 bits per heavy atom. The van der Waals surface area contributed by atoms with E-state index in [0.29, 0.717) is 6.04 Å². The number of hydrogen-bond acceptors (Lipinski definition) is 3. The fourth-order valence-corrected chi connectivity index (χ4v) is 2.15. The van der Waals surface area contributed by atoms with Crippen LogP contribution in [0.1, 0.15) is 6.42 Å². The van der Waals surface area contributed by atoms with Crippen molar-refractivity contribution in [2.45, 2.75) is 12.5 Å². The van der Waals surface area contributed by atoms with Gasteiger partial charge in [-0.3, -0.25) is 9.69 Å². The van der Waals surface area contributed by atoms with Gasteiger partial charge in [0, 0.05) is 18.7 Å². The Morgan fingerprint density at radius 1 is 1.50 bits per heavy atom. The Balaban J connectivity index is 0.00000200. The summed E-state index contributed by atoms with van der Waals surface area (Å²) in [5, 5.41) is 5.60. The Hall–Kier alpha value is -1.24. The summed E-state index contributed by atoms with van der Waals surface area (Å²) >= 11 is 0. The summed E-state index contributed by atoms with van der Waals surface area (Å²) in [6.45, 7) is 1.94. The number of anilines is 1. The summed E-state index contributed by atoms with van der Waals surface area (Å²) in [6.07, 6.45) is 0.984. The predicted molar refractivity (Wildman–Crippen MR) is 76.1 cm³/mol. The van der Waals surface area contributed by atoms with Gasteiger partial charge < -0.3 is 10.6 Å². The standard InChI is InChI=1S/C13H17F2N3O.ClH/c1-18(10-4-5-16-7-10)8-13(19)17-12-6-9(14)2-3-11(12)15;/h2-3,6,10,16H,4-5,7-8H2,1H3,(H,17,19);1H. The van der Waals surface area contributed by atoms with Gasteiger partial charge >= 0.3 is 0 Å². The van der Waals surface area contributed by atoms with Gasteiger partial charge in [0.2, 0.25) is 5.91 Å². The molecule has 112 valence electrons. The summed E-state index contributed by atoms with van der Waals surface area (Å²) in [5.74, 6) is -1.57. The fourth-order valence-electron chi connectivity index (χ4n) is 2.15. The minimum absolute atomic E-state index is 0. The summed E-state index contributed by atoms with van der Waals surface area (Å²) < 4.78 is 26.3. The first-order chi connectivity index (χ1) is 9.06. The molecule has 0 saturated carbocycles. The van der Waals surface area contributed by atoms with Gasteiger partial charge in [-0.1, -0.05) is 0 Å². The van der Waals surface area contributed by atoms with Crippen LogP contribution in [0.25, 0.3) is 0 Å². The molecule has 0 aromatic heterocycles. The van der Waals surface area contributed by atoms with Crippen LogP contribution in [0.2, 0.25) is 0 Å². The molecule has 2 N–H and O–H groups in total. The molecule has 1 saturated heterocycles. The SMILES string of the molecule is CN(CC(=O)Nc1cc(F)ccc1F)C1CCNC1.Cl. The van der Waals surface area contributed by atoms with Crippen molar-refractivity contribution in [2.75, 3.05) is 32.0 Å². The second-order valence-electron chi connectivity index (χ2n) is 4.73. The maximum atomic E-state index is 13.4. The quantitative estimate of drug-likeness (QED) is 0.888. The summed E-state index contributed by atoms with van der Waals surface area (Å²) in [6, 6.07) is 3.30. The third-order valence-corrected chi connectivity index (χ3v) is 3.25. The molecule has 0 aliphatic carbocycles. The van der Waals surface area contributed by atoms with Crippen LogP contribution in [-0.2, 0) is 4.79 Å². The third-order valence-electron chi connectivity index (χ3n) is 3.25. The number of carbonyl (C=O) groups is 1. The minimum Gasteiger partial charge on any atom is -0.322 e. The van der Waals surface area contributed by atoms with Crippen molar-refractivity contribution < 1.29 is 13.6 Å². The maximum absolute atomic E-state index is 13.4. The summed E-state index contributed by atoms with van der Waals surface area (Å²) in [7, 11) is 1.85. The van der Waals surface area contributed by atoms with Gasteiger partial charge in [0.05, 0.1) is 12.2 Å². The Morgan fingerprint density at radius 2 is 2.25 bits per heavy atom. The Labute approximate surface area is 122 Å². The van der Waals surface area contributed by atoms with Gasteiger partial charge in [0.25, 0.3) is 0 Å². The van der Waals surface area contributed by atoms with E-state index in [-0.39, 0.29) is 30.5 Å². The van der Waals surface area contributed by atoms with E-state index in [1.54, 1.807) is 0 Å². The first-order valence-electron chi connectivity index (χ1n) is 6.22. The van der Waals surface area contributed by atoms with E-state index >= 15 is 0 Å².